The number of nitrogens with zero attached hydrogens (tertiary/aromatic N) is 6. The molecule has 3 aromatic heterocycles. The van der Waals surface area contributed by atoms with Gasteiger partial charge < -0.3 is 49.5 Å². The molecule has 18 nitrogen and oxygen atoms in total. The fraction of sp³-hybridized carbons (Fsp3) is 0.447. The smallest absolute Gasteiger partial charge is 0.407 e. The van der Waals surface area contributed by atoms with Crippen molar-refractivity contribution in [3.63, 3.8) is 0 Å². The first-order chi connectivity index (χ1) is 31.4. The molecule has 2 aromatic carbocycles. The molecule has 0 unspecified atom stereocenters. The maximum atomic E-state index is 14.0. The van der Waals surface area contributed by atoms with Crippen LogP contribution in [0.2, 0.25) is 0 Å². The van der Waals surface area contributed by atoms with Crippen molar-refractivity contribution in [2.24, 2.45) is 11.8 Å². The Labute approximate surface area is 376 Å². The van der Waals surface area contributed by atoms with E-state index in [0.29, 0.717) is 50.8 Å². The van der Waals surface area contributed by atoms with Crippen molar-refractivity contribution in [2.45, 2.75) is 70.6 Å². The zero-order valence-corrected chi connectivity index (χ0v) is 37.3. The van der Waals surface area contributed by atoms with Crippen LogP contribution in [0.4, 0.5) is 9.59 Å². The average Bonchev–Trinajstić information content (AvgIpc) is 4.14. The summed E-state index contributed by atoms with van der Waals surface area (Å²) in [7, 11) is 2.56. The van der Waals surface area contributed by atoms with E-state index in [1.807, 2.05) is 67.3 Å². The number of aromatic amines is 2. The van der Waals surface area contributed by atoms with Gasteiger partial charge in [-0.15, -0.1) is 0 Å². The van der Waals surface area contributed by atoms with Crippen LogP contribution in [-0.4, -0.2) is 135 Å². The van der Waals surface area contributed by atoms with Gasteiger partial charge in [0, 0.05) is 62.8 Å². The third kappa shape index (κ3) is 9.67. The number of rotatable bonds is 11. The maximum Gasteiger partial charge on any atom is 0.407 e. The second-order valence-corrected chi connectivity index (χ2v) is 17.2. The normalized spacial score (nSPS) is 19.0. The maximum absolute atomic E-state index is 14.0. The van der Waals surface area contributed by atoms with Gasteiger partial charge in [-0.1, -0.05) is 50.2 Å². The standard InChI is InChI=1S/C47H56N10O8/c1-27(2)40(53-46(61)63-4)44(59)57-20-19-55(28(3)58)26-39(57)43-49-24-36(51-43)30-10-8-29(9-11-30)34-14-12-32-23-33(13-15-35(32)50-34)37-25-48-42(52-37)38-7-6-18-56(38)45(60)41(54-47(62)64-5)31-16-21-65-22-17-31/h8-15,23-25,27,31,38-41H,6-7,16-22,26H2,1-5H3,(H,48,52)(H,49,51)(H,53,61)(H,54,62)/t38-,39-,40-,41-/m0/s1. The minimum atomic E-state index is -0.819. The van der Waals surface area contributed by atoms with Crippen molar-refractivity contribution in [3.05, 3.63) is 78.6 Å². The van der Waals surface area contributed by atoms with Gasteiger partial charge in [-0.05, 0) is 61.3 Å². The molecule has 4 N–H and O–H groups in total. The number of imidazole rings is 2. The molecule has 5 amide bonds. The molecule has 6 heterocycles. The number of nitrogens with one attached hydrogen (secondary N) is 4. The number of fused-ring (bicyclic) bond motifs is 1. The number of aromatic nitrogens is 5. The van der Waals surface area contributed by atoms with E-state index < -0.39 is 30.3 Å². The molecule has 3 aliphatic rings. The third-order valence-electron chi connectivity index (χ3n) is 12.8. The third-order valence-corrected chi connectivity index (χ3v) is 12.8. The molecule has 8 rings (SSSR count). The Balaban J connectivity index is 0.957. The predicted molar refractivity (Wildman–Crippen MR) is 240 cm³/mol. The van der Waals surface area contributed by atoms with Gasteiger partial charge in [0.1, 0.15) is 29.8 Å². The summed E-state index contributed by atoms with van der Waals surface area (Å²) in [5, 5.41) is 6.43. The number of hydrogen-bond acceptors (Lipinski definition) is 11. The molecule has 18 heteroatoms. The van der Waals surface area contributed by atoms with Gasteiger partial charge in [-0.25, -0.2) is 24.5 Å². The zero-order chi connectivity index (χ0) is 45.8. The SMILES string of the molecule is COC(=O)N[C@H](C(=O)N1CCN(C(C)=O)C[C@H]1c1ncc(-c2ccc(-c3ccc4cc(-c5cnc([C@@H]6CCCN6C(=O)[C@@H](NC(=O)OC)C6CCOCC6)[nH]5)ccc4n3)cc2)[nH]1)C(C)C. The van der Waals surface area contributed by atoms with Crippen molar-refractivity contribution in [1.29, 1.82) is 0 Å². The van der Waals surface area contributed by atoms with E-state index in [1.54, 1.807) is 22.2 Å². The molecule has 0 radical (unpaired) electrons. The highest BCUT2D eigenvalue weighted by molar-refractivity contribution is 5.88. The van der Waals surface area contributed by atoms with E-state index in [9.17, 15) is 24.0 Å². The number of pyridine rings is 1. The summed E-state index contributed by atoms with van der Waals surface area (Å²) in [4.78, 5) is 91.3. The van der Waals surface area contributed by atoms with Crippen LogP contribution in [-0.2, 0) is 28.6 Å². The molecule has 4 atom stereocenters. The van der Waals surface area contributed by atoms with Crippen molar-refractivity contribution in [2.75, 3.05) is 53.6 Å². The summed E-state index contributed by atoms with van der Waals surface area (Å²) in [6.45, 7) is 7.79. The predicted octanol–water partition coefficient (Wildman–Crippen LogP) is 5.61. The van der Waals surface area contributed by atoms with Gasteiger partial charge in [-0.2, -0.15) is 0 Å². The van der Waals surface area contributed by atoms with Gasteiger partial charge in [0.2, 0.25) is 17.7 Å². The van der Waals surface area contributed by atoms with Gasteiger partial charge >= 0.3 is 12.2 Å². The van der Waals surface area contributed by atoms with Crippen molar-refractivity contribution < 1.29 is 38.2 Å². The Hall–Kier alpha value is -6.82. The van der Waals surface area contributed by atoms with Crippen molar-refractivity contribution in [1.82, 2.24) is 50.3 Å². The van der Waals surface area contributed by atoms with Gasteiger partial charge in [0.25, 0.3) is 0 Å². The molecule has 65 heavy (non-hydrogen) atoms. The van der Waals surface area contributed by atoms with E-state index in [-0.39, 0.29) is 48.7 Å². The van der Waals surface area contributed by atoms with Crippen LogP contribution in [0.1, 0.15) is 70.2 Å². The van der Waals surface area contributed by atoms with E-state index in [4.69, 9.17) is 24.2 Å². The summed E-state index contributed by atoms with van der Waals surface area (Å²) in [6.07, 6.45) is 5.14. The second-order valence-electron chi connectivity index (χ2n) is 17.2. The highest BCUT2D eigenvalue weighted by atomic mass is 16.5. The number of amides is 5. The van der Waals surface area contributed by atoms with E-state index in [0.717, 1.165) is 57.5 Å². The Morgan fingerprint density at radius 2 is 1.37 bits per heavy atom. The number of ether oxygens (including phenoxy) is 3. The Kier molecular flexibility index (Phi) is 13.4. The first-order valence-electron chi connectivity index (χ1n) is 22.2. The molecule has 3 fully saturated rings. The van der Waals surface area contributed by atoms with Gasteiger partial charge in [0.15, 0.2) is 0 Å². The fourth-order valence-corrected chi connectivity index (χ4v) is 9.13. The van der Waals surface area contributed by atoms with E-state index in [2.05, 4.69) is 31.7 Å². The van der Waals surface area contributed by atoms with Crippen LogP contribution in [0, 0.1) is 11.8 Å². The van der Waals surface area contributed by atoms with Crippen LogP contribution in [0.15, 0.2) is 67.0 Å². The number of H-pyrrole nitrogens is 2. The lowest BCUT2D eigenvalue weighted by molar-refractivity contribution is -0.144. The Morgan fingerprint density at radius 1 is 0.738 bits per heavy atom. The lowest BCUT2D eigenvalue weighted by Gasteiger charge is -2.42. The summed E-state index contributed by atoms with van der Waals surface area (Å²) in [6, 6.07) is 15.7. The van der Waals surface area contributed by atoms with Crippen molar-refractivity contribution >= 4 is 40.8 Å². The molecule has 0 aliphatic carbocycles. The van der Waals surface area contributed by atoms with Crippen LogP contribution < -0.4 is 10.6 Å². The Morgan fingerprint density at radius 3 is 2.05 bits per heavy atom. The molecule has 3 aliphatic heterocycles. The second kappa shape index (κ2) is 19.5. The molecule has 5 aromatic rings. The number of benzene rings is 2. The van der Waals surface area contributed by atoms with Crippen LogP contribution in [0.3, 0.4) is 0 Å². The van der Waals surface area contributed by atoms with E-state index >= 15 is 0 Å². The van der Waals surface area contributed by atoms with E-state index in [1.165, 1.54) is 21.1 Å². The molecule has 342 valence electrons. The fourth-order valence-electron chi connectivity index (χ4n) is 9.13. The summed E-state index contributed by atoms with van der Waals surface area (Å²) in [5.41, 5.74) is 5.94. The van der Waals surface area contributed by atoms with Crippen molar-refractivity contribution in [3.8, 4) is 33.8 Å². The first-order valence-corrected chi connectivity index (χ1v) is 22.2. The first kappa shape index (κ1) is 44.8. The topological polar surface area (TPSA) is 217 Å². The molecule has 0 spiro atoms. The summed E-state index contributed by atoms with van der Waals surface area (Å²) < 4.78 is 15.2. The average molecular weight is 889 g/mol. The lowest BCUT2D eigenvalue weighted by Crippen LogP contribution is -2.58. The summed E-state index contributed by atoms with van der Waals surface area (Å²) in [5.74, 6) is 0.482. The number of methoxy groups -OCH3 is 2. The molecule has 0 bridgehead atoms. The van der Waals surface area contributed by atoms with Gasteiger partial charge in [0.05, 0.1) is 55.3 Å². The number of hydrogen-bond donors (Lipinski definition) is 4. The quantitative estimate of drug-likeness (QED) is 0.128. The zero-order valence-electron chi connectivity index (χ0n) is 37.3. The highest BCUT2D eigenvalue weighted by Crippen LogP contribution is 2.35. The summed E-state index contributed by atoms with van der Waals surface area (Å²) >= 11 is 0. The monoisotopic (exact) mass is 888 g/mol. The lowest BCUT2D eigenvalue weighted by atomic mass is 9.90. The molecular formula is C47H56N10O8. The Bertz CT molecular complexity index is 2530. The van der Waals surface area contributed by atoms with Crippen LogP contribution >= 0.6 is 0 Å². The highest BCUT2D eigenvalue weighted by Gasteiger charge is 2.41. The number of carbonyl (C=O) groups is 5. The minimum Gasteiger partial charge on any atom is -0.453 e. The number of carbonyl (C=O) groups excluding carboxylic acids is 5. The van der Waals surface area contributed by atoms with Gasteiger partial charge in [-0.3, -0.25) is 14.4 Å². The largest absolute Gasteiger partial charge is 0.453 e. The molecule has 0 saturated carbocycles. The molecular weight excluding hydrogens is 833 g/mol. The molecule has 3 saturated heterocycles. The minimum absolute atomic E-state index is 0.0444. The number of alkyl carbamates (subject to hydrolysis) is 2. The number of likely N-dealkylation sites (tertiary alicyclic amines) is 1. The number of piperazine rings is 1. The van der Waals surface area contributed by atoms with Crippen LogP contribution in [0.25, 0.3) is 44.7 Å². The van der Waals surface area contributed by atoms with Crippen LogP contribution in [0.5, 0.6) is 0 Å².